The molecule has 3 aromatic carbocycles. The summed E-state index contributed by atoms with van der Waals surface area (Å²) in [5.74, 6) is -1.11. The number of halogens is 1. The molecule has 0 saturated heterocycles. The number of carbonyl (C=O) groups excluding carboxylic acids is 3. The number of ether oxygens (including phenoxy) is 2. The number of para-hydroxylation sites is 2. The number of amides is 3. The molecule has 0 aliphatic rings. The first kappa shape index (κ1) is 24.3. The van der Waals surface area contributed by atoms with Crippen LogP contribution < -0.4 is 25.5 Å². The van der Waals surface area contributed by atoms with Gasteiger partial charge < -0.3 is 20.1 Å². The molecule has 0 saturated carbocycles. The molecular weight excluding hydrogens is 460 g/mol. The Morgan fingerprint density at radius 3 is 2.32 bits per heavy atom. The first-order valence-electron chi connectivity index (χ1n) is 10.0. The Morgan fingerprint density at radius 1 is 0.912 bits per heavy atom. The van der Waals surface area contributed by atoms with Crippen molar-refractivity contribution >= 4 is 46.9 Å². The molecule has 3 aromatic rings. The van der Waals surface area contributed by atoms with Crippen molar-refractivity contribution in [1.82, 2.24) is 5.43 Å². The van der Waals surface area contributed by atoms with E-state index in [1.807, 2.05) is 0 Å². The van der Waals surface area contributed by atoms with Crippen molar-refractivity contribution in [2.45, 2.75) is 0 Å². The van der Waals surface area contributed by atoms with E-state index in [-0.39, 0.29) is 12.5 Å². The summed E-state index contributed by atoms with van der Waals surface area (Å²) < 4.78 is 10.7. The normalized spacial score (nSPS) is 10.4. The minimum absolute atomic E-state index is 0.190. The van der Waals surface area contributed by atoms with Crippen molar-refractivity contribution in [3.05, 3.63) is 83.4 Å². The number of nitrogens with one attached hydrogen (secondary N) is 3. The third kappa shape index (κ3) is 7.35. The lowest BCUT2D eigenvalue weighted by atomic mass is 10.2. The molecule has 0 unspecified atom stereocenters. The second kappa shape index (κ2) is 12.0. The van der Waals surface area contributed by atoms with E-state index in [0.717, 1.165) is 0 Å². The van der Waals surface area contributed by atoms with Crippen molar-refractivity contribution < 1.29 is 23.9 Å². The van der Waals surface area contributed by atoms with Gasteiger partial charge >= 0.3 is 11.8 Å². The number of carbonyl (C=O) groups is 3. The molecule has 34 heavy (non-hydrogen) atoms. The van der Waals surface area contributed by atoms with Gasteiger partial charge in [-0.05, 0) is 66.2 Å². The molecule has 0 radical (unpaired) electrons. The highest BCUT2D eigenvalue weighted by Crippen LogP contribution is 2.23. The van der Waals surface area contributed by atoms with Gasteiger partial charge in [-0.3, -0.25) is 14.4 Å². The lowest BCUT2D eigenvalue weighted by molar-refractivity contribution is -0.136. The quantitative estimate of drug-likeness (QED) is 0.259. The zero-order valence-electron chi connectivity index (χ0n) is 18.1. The third-order valence-electron chi connectivity index (χ3n) is 4.32. The Bertz CT molecular complexity index is 1180. The molecule has 0 fully saturated rings. The van der Waals surface area contributed by atoms with Gasteiger partial charge in [0, 0.05) is 10.7 Å². The first-order valence-corrected chi connectivity index (χ1v) is 10.4. The van der Waals surface area contributed by atoms with Crippen LogP contribution in [0, 0.1) is 0 Å². The second-order valence-corrected chi connectivity index (χ2v) is 7.20. The van der Waals surface area contributed by atoms with Crippen LogP contribution in [0.4, 0.5) is 11.4 Å². The molecule has 3 N–H and O–H groups in total. The Hall–Kier alpha value is -4.37. The van der Waals surface area contributed by atoms with Crippen LogP contribution in [0.1, 0.15) is 5.56 Å². The molecule has 174 valence electrons. The number of methoxy groups -OCH3 is 1. The topological polar surface area (TPSA) is 118 Å². The van der Waals surface area contributed by atoms with Crippen LogP contribution in [0.5, 0.6) is 11.5 Å². The average molecular weight is 481 g/mol. The number of benzene rings is 3. The predicted octanol–water partition coefficient (Wildman–Crippen LogP) is 3.45. The maximum Gasteiger partial charge on any atom is 0.329 e. The van der Waals surface area contributed by atoms with E-state index < -0.39 is 11.8 Å². The molecule has 9 nitrogen and oxygen atoms in total. The fraction of sp³-hybridized carbons (Fsp3) is 0.0833. The summed E-state index contributed by atoms with van der Waals surface area (Å²) in [6.07, 6.45) is 1.37. The summed E-state index contributed by atoms with van der Waals surface area (Å²) in [6.45, 7) is -0.190. The van der Waals surface area contributed by atoms with Crippen LogP contribution in [0.25, 0.3) is 0 Å². The fourth-order valence-electron chi connectivity index (χ4n) is 2.67. The summed E-state index contributed by atoms with van der Waals surface area (Å²) in [5, 5.41) is 9.43. The van der Waals surface area contributed by atoms with Gasteiger partial charge in [0.05, 0.1) is 19.0 Å². The van der Waals surface area contributed by atoms with Crippen molar-refractivity contribution in [2.24, 2.45) is 5.10 Å². The van der Waals surface area contributed by atoms with Crippen LogP contribution in [-0.4, -0.2) is 37.7 Å². The Kier molecular flexibility index (Phi) is 8.59. The second-order valence-electron chi connectivity index (χ2n) is 6.77. The monoisotopic (exact) mass is 480 g/mol. The lowest BCUT2D eigenvalue weighted by Gasteiger charge is -2.10. The predicted molar refractivity (Wildman–Crippen MR) is 129 cm³/mol. The highest BCUT2D eigenvalue weighted by molar-refractivity contribution is 6.39. The summed E-state index contributed by atoms with van der Waals surface area (Å²) >= 11 is 5.78. The summed E-state index contributed by atoms with van der Waals surface area (Å²) in [4.78, 5) is 35.8. The molecule has 3 rings (SSSR count). The Balaban J connectivity index is 1.43. The van der Waals surface area contributed by atoms with E-state index in [9.17, 15) is 14.4 Å². The molecule has 0 aromatic heterocycles. The lowest BCUT2D eigenvalue weighted by Crippen LogP contribution is -2.32. The van der Waals surface area contributed by atoms with Crippen molar-refractivity contribution in [1.29, 1.82) is 0 Å². The van der Waals surface area contributed by atoms with Gasteiger partial charge in [-0.15, -0.1) is 0 Å². The zero-order chi connectivity index (χ0) is 24.3. The van der Waals surface area contributed by atoms with Crippen LogP contribution in [0.2, 0.25) is 5.02 Å². The molecule has 0 bridgehead atoms. The third-order valence-corrected chi connectivity index (χ3v) is 4.57. The summed E-state index contributed by atoms with van der Waals surface area (Å²) in [5.41, 5.74) is 3.77. The molecule has 0 spiro atoms. The smallest absolute Gasteiger partial charge is 0.329 e. The number of hydrazone groups is 1. The number of rotatable bonds is 8. The van der Waals surface area contributed by atoms with Crippen LogP contribution in [-0.2, 0) is 14.4 Å². The van der Waals surface area contributed by atoms with Crippen molar-refractivity contribution in [3.63, 3.8) is 0 Å². The van der Waals surface area contributed by atoms with E-state index in [1.165, 1.54) is 13.3 Å². The van der Waals surface area contributed by atoms with Gasteiger partial charge in [0.25, 0.3) is 5.91 Å². The van der Waals surface area contributed by atoms with Gasteiger partial charge in [-0.1, -0.05) is 23.7 Å². The molecule has 0 aliphatic heterocycles. The minimum Gasteiger partial charge on any atom is -0.495 e. The van der Waals surface area contributed by atoms with E-state index in [2.05, 4.69) is 21.2 Å². The maximum atomic E-state index is 12.1. The van der Waals surface area contributed by atoms with E-state index in [4.69, 9.17) is 21.1 Å². The number of anilines is 2. The average Bonchev–Trinajstić information content (AvgIpc) is 2.85. The van der Waals surface area contributed by atoms with Gasteiger partial charge in [-0.25, -0.2) is 5.43 Å². The van der Waals surface area contributed by atoms with Crippen LogP contribution in [0.3, 0.4) is 0 Å². The number of hydrogen-bond donors (Lipinski definition) is 3. The maximum absolute atomic E-state index is 12.1. The van der Waals surface area contributed by atoms with Gasteiger partial charge in [0.1, 0.15) is 11.5 Å². The first-order chi connectivity index (χ1) is 16.4. The van der Waals surface area contributed by atoms with E-state index >= 15 is 0 Å². The SMILES string of the molecule is COc1ccccc1NC(=O)COc1ccc(/C=N\NC(=O)C(=O)Nc2ccc(Cl)cc2)cc1. The molecule has 0 aliphatic carbocycles. The molecular formula is C24H21ClN4O5. The van der Waals surface area contributed by atoms with Crippen molar-refractivity contribution in [3.8, 4) is 11.5 Å². The molecule has 0 atom stereocenters. The Morgan fingerprint density at radius 2 is 1.62 bits per heavy atom. The van der Waals surface area contributed by atoms with E-state index in [1.54, 1.807) is 72.8 Å². The summed E-state index contributed by atoms with van der Waals surface area (Å²) in [7, 11) is 1.52. The van der Waals surface area contributed by atoms with Gasteiger partial charge in [-0.2, -0.15) is 5.10 Å². The highest BCUT2D eigenvalue weighted by atomic mass is 35.5. The van der Waals surface area contributed by atoms with Crippen molar-refractivity contribution in [2.75, 3.05) is 24.4 Å². The molecule has 10 heteroatoms. The zero-order valence-corrected chi connectivity index (χ0v) is 18.8. The van der Waals surface area contributed by atoms with Crippen LogP contribution in [0.15, 0.2) is 77.9 Å². The largest absolute Gasteiger partial charge is 0.495 e. The number of hydrogen-bond acceptors (Lipinski definition) is 6. The van der Waals surface area contributed by atoms with E-state index in [0.29, 0.717) is 33.5 Å². The highest BCUT2D eigenvalue weighted by Gasteiger charge is 2.12. The minimum atomic E-state index is -0.924. The fourth-order valence-corrected chi connectivity index (χ4v) is 2.80. The number of nitrogens with zero attached hydrogens (tertiary/aromatic N) is 1. The molecule has 0 heterocycles. The van der Waals surface area contributed by atoms with Gasteiger partial charge in [0.15, 0.2) is 6.61 Å². The Labute approximate surface area is 200 Å². The molecule has 3 amide bonds. The summed E-state index contributed by atoms with van der Waals surface area (Å²) in [6, 6.07) is 20.0. The van der Waals surface area contributed by atoms with Crippen LogP contribution >= 0.6 is 11.6 Å². The standard InChI is InChI=1S/C24H21ClN4O5/c1-33-21-5-3-2-4-20(21)28-22(30)15-34-19-12-6-16(7-13-19)14-26-29-24(32)23(31)27-18-10-8-17(25)9-11-18/h2-14H,15H2,1H3,(H,27,31)(H,28,30)(H,29,32)/b26-14-. The van der Waals surface area contributed by atoms with Gasteiger partial charge in [0.2, 0.25) is 0 Å².